The minimum Gasteiger partial charge on any atom is -0.317 e. The molecule has 0 bridgehead atoms. The molecule has 0 unspecified atom stereocenters. The summed E-state index contributed by atoms with van der Waals surface area (Å²) in [4.78, 5) is 4.11. The molecule has 0 radical (unpaired) electrons. The van der Waals surface area contributed by atoms with Crippen LogP contribution in [-0.4, -0.2) is 24.6 Å². The van der Waals surface area contributed by atoms with Crippen molar-refractivity contribution in [2.24, 2.45) is 5.92 Å². The molecular formula is C13H21N3. The Kier molecular flexibility index (Phi) is 4.31. The molecule has 3 heteroatoms. The highest BCUT2D eigenvalue weighted by molar-refractivity contribution is 5.21. The largest absolute Gasteiger partial charge is 0.317 e. The van der Waals surface area contributed by atoms with Crippen LogP contribution in [0, 0.1) is 12.8 Å². The highest BCUT2D eigenvalue weighted by Crippen LogP contribution is 2.10. The van der Waals surface area contributed by atoms with Crippen LogP contribution in [0.2, 0.25) is 0 Å². The SMILES string of the molecule is Cc1cnccc1CNCC1CCNCC1. The van der Waals surface area contributed by atoms with E-state index in [-0.39, 0.29) is 0 Å². The Morgan fingerprint density at radius 1 is 1.44 bits per heavy atom. The predicted molar refractivity (Wildman–Crippen MR) is 66.3 cm³/mol. The molecule has 1 aliphatic rings. The maximum atomic E-state index is 4.11. The molecule has 1 aliphatic heterocycles. The Hall–Kier alpha value is -0.930. The van der Waals surface area contributed by atoms with Gasteiger partial charge in [-0.25, -0.2) is 0 Å². The molecule has 16 heavy (non-hydrogen) atoms. The summed E-state index contributed by atoms with van der Waals surface area (Å²) in [6.45, 7) is 6.59. The van der Waals surface area contributed by atoms with Crippen LogP contribution in [0.25, 0.3) is 0 Å². The number of pyridine rings is 1. The zero-order valence-electron chi connectivity index (χ0n) is 10.00. The van der Waals surface area contributed by atoms with E-state index in [1.807, 2.05) is 12.4 Å². The van der Waals surface area contributed by atoms with E-state index in [1.54, 1.807) is 0 Å². The van der Waals surface area contributed by atoms with Crippen molar-refractivity contribution in [3.63, 3.8) is 0 Å². The number of hydrogen-bond acceptors (Lipinski definition) is 3. The number of nitrogens with zero attached hydrogens (tertiary/aromatic N) is 1. The Labute approximate surface area is 97.7 Å². The van der Waals surface area contributed by atoms with Crippen LogP contribution in [0.15, 0.2) is 18.5 Å². The van der Waals surface area contributed by atoms with Crippen molar-refractivity contribution in [3.8, 4) is 0 Å². The Balaban J connectivity index is 1.73. The summed E-state index contributed by atoms with van der Waals surface area (Å²) in [6.07, 6.45) is 6.42. The fourth-order valence-corrected chi connectivity index (χ4v) is 2.20. The van der Waals surface area contributed by atoms with E-state index in [0.29, 0.717) is 0 Å². The van der Waals surface area contributed by atoms with Crippen LogP contribution >= 0.6 is 0 Å². The first-order chi connectivity index (χ1) is 7.86. The summed E-state index contributed by atoms with van der Waals surface area (Å²) in [5.74, 6) is 0.850. The normalized spacial score (nSPS) is 17.6. The smallest absolute Gasteiger partial charge is 0.0300 e. The number of piperidine rings is 1. The molecule has 2 heterocycles. The predicted octanol–water partition coefficient (Wildman–Crippen LogP) is 1.48. The molecule has 0 spiro atoms. The lowest BCUT2D eigenvalue weighted by atomic mass is 9.98. The topological polar surface area (TPSA) is 37.0 Å². The van der Waals surface area contributed by atoms with E-state index in [9.17, 15) is 0 Å². The minimum absolute atomic E-state index is 0.850. The Morgan fingerprint density at radius 3 is 3.00 bits per heavy atom. The highest BCUT2D eigenvalue weighted by Gasteiger charge is 2.11. The van der Waals surface area contributed by atoms with Crippen molar-refractivity contribution in [2.75, 3.05) is 19.6 Å². The lowest BCUT2D eigenvalue weighted by molar-refractivity contribution is 0.356. The van der Waals surface area contributed by atoms with Crippen molar-refractivity contribution in [1.82, 2.24) is 15.6 Å². The van der Waals surface area contributed by atoms with Crippen LogP contribution in [0.1, 0.15) is 24.0 Å². The lowest BCUT2D eigenvalue weighted by Crippen LogP contribution is -2.33. The average Bonchev–Trinajstić information content (AvgIpc) is 2.33. The van der Waals surface area contributed by atoms with Crippen molar-refractivity contribution in [2.45, 2.75) is 26.3 Å². The van der Waals surface area contributed by atoms with E-state index in [2.05, 4.69) is 28.6 Å². The third-order valence-electron chi connectivity index (χ3n) is 3.34. The average molecular weight is 219 g/mol. The first-order valence-corrected chi connectivity index (χ1v) is 6.17. The van der Waals surface area contributed by atoms with Gasteiger partial charge < -0.3 is 10.6 Å². The fourth-order valence-electron chi connectivity index (χ4n) is 2.20. The van der Waals surface area contributed by atoms with Crippen LogP contribution in [0.5, 0.6) is 0 Å². The molecule has 88 valence electrons. The molecule has 0 aliphatic carbocycles. The van der Waals surface area contributed by atoms with E-state index >= 15 is 0 Å². The van der Waals surface area contributed by atoms with Crippen LogP contribution in [-0.2, 0) is 6.54 Å². The molecule has 2 rings (SSSR count). The number of rotatable bonds is 4. The van der Waals surface area contributed by atoms with Gasteiger partial charge >= 0.3 is 0 Å². The standard InChI is InChI=1S/C13H21N3/c1-11-8-15-7-4-13(11)10-16-9-12-2-5-14-6-3-12/h4,7-8,12,14,16H,2-3,5-6,9-10H2,1H3. The minimum atomic E-state index is 0.850. The number of aromatic nitrogens is 1. The van der Waals surface area contributed by atoms with Gasteiger partial charge in [-0.15, -0.1) is 0 Å². The third-order valence-corrected chi connectivity index (χ3v) is 3.34. The molecule has 1 aromatic rings. The van der Waals surface area contributed by atoms with Crippen LogP contribution < -0.4 is 10.6 Å². The van der Waals surface area contributed by atoms with E-state index in [4.69, 9.17) is 0 Å². The zero-order valence-corrected chi connectivity index (χ0v) is 10.00. The third kappa shape index (κ3) is 3.29. The second-order valence-electron chi connectivity index (χ2n) is 4.63. The first-order valence-electron chi connectivity index (χ1n) is 6.17. The number of aryl methyl sites for hydroxylation is 1. The molecule has 2 N–H and O–H groups in total. The van der Waals surface area contributed by atoms with Gasteiger partial charge in [0.1, 0.15) is 0 Å². The molecular weight excluding hydrogens is 198 g/mol. The molecule has 0 saturated carbocycles. The monoisotopic (exact) mass is 219 g/mol. The summed E-state index contributed by atoms with van der Waals surface area (Å²) in [5, 5.41) is 6.95. The second-order valence-corrected chi connectivity index (χ2v) is 4.63. The van der Waals surface area contributed by atoms with Gasteiger partial charge in [0.2, 0.25) is 0 Å². The molecule has 1 aromatic heterocycles. The van der Waals surface area contributed by atoms with E-state index in [1.165, 1.54) is 37.1 Å². The summed E-state index contributed by atoms with van der Waals surface area (Å²) in [5.41, 5.74) is 2.64. The first kappa shape index (κ1) is 11.6. The van der Waals surface area contributed by atoms with Gasteiger partial charge in [-0.2, -0.15) is 0 Å². The molecule has 1 fully saturated rings. The van der Waals surface area contributed by atoms with Gasteiger partial charge in [0.15, 0.2) is 0 Å². The van der Waals surface area contributed by atoms with Gasteiger partial charge in [-0.05, 0) is 62.5 Å². The quantitative estimate of drug-likeness (QED) is 0.805. The zero-order chi connectivity index (χ0) is 11.2. The van der Waals surface area contributed by atoms with Gasteiger partial charge in [0.05, 0.1) is 0 Å². The maximum absolute atomic E-state index is 4.11. The number of hydrogen-bond donors (Lipinski definition) is 2. The molecule has 3 nitrogen and oxygen atoms in total. The van der Waals surface area contributed by atoms with Gasteiger partial charge in [0, 0.05) is 18.9 Å². The van der Waals surface area contributed by atoms with Crippen molar-refractivity contribution >= 4 is 0 Å². The van der Waals surface area contributed by atoms with Crippen molar-refractivity contribution in [1.29, 1.82) is 0 Å². The summed E-state index contributed by atoms with van der Waals surface area (Å²) < 4.78 is 0. The van der Waals surface area contributed by atoms with E-state index in [0.717, 1.165) is 19.0 Å². The van der Waals surface area contributed by atoms with Crippen LogP contribution in [0.3, 0.4) is 0 Å². The highest BCUT2D eigenvalue weighted by atomic mass is 14.9. The van der Waals surface area contributed by atoms with Crippen molar-refractivity contribution in [3.05, 3.63) is 29.6 Å². The molecule has 0 amide bonds. The van der Waals surface area contributed by atoms with Gasteiger partial charge in [-0.1, -0.05) is 0 Å². The van der Waals surface area contributed by atoms with Crippen LogP contribution in [0.4, 0.5) is 0 Å². The Morgan fingerprint density at radius 2 is 2.25 bits per heavy atom. The molecule has 0 atom stereocenters. The summed E-state index contributed by atoms with van der Waals surface area (Å²) in [6, 6.07) is 2.10. The second kappa shape index (κ2) is 5.97. The maximum Gasteiger partial charge on any atom is 0.0300 e. The summed E-state index contributed by atoms with van der Waals surface area (Å²) >= 11 is 0. The lowest BCUT2D eigenvalue weighted by Gasteiger charge is -2.22. The summed E-state index contributed by atoms with van der Waals surface area (Å²) in [7, 11) is 0. The molecule has 1 saturated heterocycles. The number of nitrogens with one attached hydrogen (secondary N) is 2. The van der Waals surface area contributed by atoms with Gasteiger partial charge in [-0.3, -0.25) is 4.98 Å². The fraction of sp³-hybridized carbons (Fsp3) is 0.615. The van der Waals surface area contributed by atoms with Crippen molar-refractivity contribution < 1.29 is 0 Å². The van der Waals surface area contributed by atoms with Gasteiger partial charge in [0.25, 0.3) is 0 Å². The Bertz CT molecular complexity index is 319. The molecule has 0 aromatic carbocycles. The van der Waals surface area contributed by atoms with E-state index < -0.39 is 0 Å².